The van der Waals surface area contributed by atoms with E-state index in [0.29, 0.717) is 58.5 Å². The van der Waals surface area contributed by atoms with Gasteiger partial charge in [-0.2, -0.15) is 0 Å². The molecule has 4 amide bonds. The third-order valence-corrected chi connectivity index (χ3v) is 6.83. The van der Waals surface area contributed by atoms with Crippen molar-refractivity contribution in [1.29, 1.82) is 0 Å². The number of hydrogen-bond donors (Lipinski definition) is 2. The lowest BCUT2D eigenvalue weighted by Gasteiger charge is -2.27. The largest absolute Gasteiger partial charge is 0.457 e. The van der Waals surface area contributed by atoms with Gasteiger partial charge in [0.2, 0.25) is 11.8 Å². The number of carbonyl (C=O) groups excluding carboxylic acids is 6. The molecule has 1 saturated heterocycles. The molecule has 45 heavy (non-hydrogen) atoms. The summed E-state index contributed by atoms with van der Waals surface area (Å²) in [6, 6.07) is 12.0. The Labute approximate surface area is 259 Å². The Bertz CT molecular complexity index is 1380. The van der Waals surface area contributed by atoms with Crippen LogP contribution in [0, 0.1) is 0 Å². The fourth-order valence-corrected chi connectivity index (χ4v) is 4.65. The number of fused-ring (bicyclic) bond motifs is 1. The van der Waals surface area contributed by atoms with E-state index in [1.807, 2.05) is 0 Å². The van der Waals surface area contributed by atoms with Crippen LogP contribution in [0.25, 0.3) is 0 Å². The lowest BCUT2D eigenvalue weighted by atomic mass is 10.0. The number of nitrogens with one attached hydrogen (secondary N) is 2. The SMILES string of the molecule is O=C1CCC(N2C(=O)c3cccc(NCCOCCOCCOCCOCCOC(=O)C(=O)c4ccccc4)c3C2=O)C(=O)N1. The molecule has 14 heteroatoms. The van der Waals surface area contributed by atoms with Gasteiger partial charge in [-0.25, -0.2) is 4.79 Å². The van der Waals surface area contributed by atoms with Crippen molar-refractivity contribution in [2.45, 2.75) is 18.9 Å². The van der Waals surface area contributed by atoms with Gasteiger partial charge in [0.05, 0.1) is 64.0 Å². The molecule has 2 aromatic rings. The van der Waals surface area contributed by atoms with E-state index in [1.54, 1.807) is 42.5 Å². The van der Waals surface area contributed by atoms with Crippen molar-refractivity contribution in [3.63, 3.8) is 0 Å². The maximum absolute atomic E-state index is 13.1. The third kappa shape index (κ3) is 9.25. The maximum Gasteiger partial charge on any atom is 0.379 e. The first-order valence-electron chi connectivity index (χ1n) is 14.5. The van der Waals surface area contributed by atoms with E-state index in [-0.39, 0.29) is 42.7 Å². The summed E-state index contributed by atoms with van der Waals surface area (Å²) in [6.07, 6.45) is 0.150. The van der Waals surface area contributed by atoms with Crippen LogP contribution in [-0.2, 0) is 38.1 Å². The lowest BCUT2D eigenvalue weighted by Crippen LogP contribution is -2.54. The van der Waals surface area contributed by atoms with Crippen molar-refractivity contribution in [2.24, 2.45) is 0 Å². The predicted octanol–water partition coefficient (Wildman–Crippen LogP) is 0.992. The average Bonchev–Trinajstić information content (AvgIpc) is 3.30. The van der Waals surface area contributed by atoms with Crippen molar-refractivity contribution in [1.82, 2.24) is 10.2 Å². The van der Waals surface area contributed by atoms with E-state index in [0.717, 1.165) is 4.90 Å². The quantitative estimate of drug-likeness (QED) is 0.0746. The summed E-state index contributed by atoms with van der Waals surface area (Å²) >= 11 is 0. The van der Waals surface area contributed by atoms with E-state index in [2.05, 4.69) is 10.6 Å². The number of esters is 1. The third-order valence-electron chi connectivity index (χ3n) is 6.83. The number of ketones is 1. The molecule has 0 radical (unpaired) electrons. The van der Waals surface area contributed by atoms with Crippen molar-refractivity contribution >= 4 is 41.1 Å². The number of piperidine rings is 1. The molecule has 14 nitrogen and oxygen atoms in total. The molecule has 2 aliphatic rings. The number of hydrogen-bond acceptors (Lipinski definition) is 12. The topological polar surface area (TPSA) is 176 Å². The van der Waals surface area contributed by atoms with E-state index in [9.17, 15) is 28.8 Å². The number of carbonyl (C=O) groups is 6. The molecule has 2 aliphatic heterocycles. The molecular weight excluding hydrogens is 590 g/mol. The zero-order valence-corrected chi connectivity index (χ0v) is 24.6. The number of benzene rings is 2. The van der Waals surface area contributed by atoms with Crippen LogP contribution in [0.3, 0.4) is 0 Å². The predicted molar refractivity (Wildman–Crippen MR) is 157 cm³/mol. The van der Waals surface area contributed by atoms with Gasteiger partial charge in [-0.15, -0.1) is 0 Å². The van der Waals surface area contributed by atoms with Crippen LogP contribution in [0.1, 0.15) is 43.9 Å². The summed E-state index contributed by atoms with van der Waals surface area (Å²) in [7, 11) is 0. The number of rotatable bonds is 19. The Morgan fingerprint density at radius 1 is 0.756 bits per heavy atom. The maximum atomic E-state index is 13.1. The van der Waals surface area contributed by atoms with Gasteiger partial charge in [0.25, 0.3) is 17.6 Å². The smallest absolute Gasteiger partial charge is 0.379 e. The van der Waals surface area contributed by atoms with E-state index in [1.165, 1.54) is 6.07 Å². The monoisotopic (exact) mass is 625 g/mol. The van der Waals surface area contributed by atoms with E-state index in [4.69, 9.17) is 23.7 Å². The normalized spacial score (nSPS) is 16.0. The highest BCUT2D eigenvalue weighted by atomic mass is 16.6. The van der Waals surface area contributed by atoms with Gasteiger partial charge in [0.15, 0.2) is 0 Å². The Morgan fingerprint density at radius 3 is 2.02 bits per heavy atom. The van der Waals surface area contributed by atoms with Gasteiger partial charge in [-0.05, 0) is 18.6 Å². The molecule has 1 fully saturated rings. The molecule has 0 aromatic heterocycles. The van der Waals surface area contributed by atoms with E-state index < -0.39 is 41.4 Å². The van der Waals surface area contributed by atoms with Crippen LogP contribution >= 0.6 is 0 Å². The standard InChI is InChI=1S/C31H35N3O11/c35-25-10-9-24(28(37)33-25)34-29(38)22-7-4-8-23(26(22)30(34)39)32-11-12-41-13-14-42-15-16-43-17-18-44-19-20-45-31(40)27(36)21-5-2-1-3-6-21/h1-8,24,32H,9-20H2,(H,33,35,37). The van der Waals surface area contributed by atoms with Gasteiger partial charge >= 0.3 is 5.97 Å². The minimum atomic E-state index is -1.02. The molecule has 4 rings (SSSR count). The average molecular weight is 626 g/mol. The van der Waals surface area contributed by atoms with Crippen LogP contribution in [0.5, 0.6) is 0 Å². The fraction of sp³-hybridized carbons (Fsp3) is 0.419. The van der Waals surface area contributed by atoms with Gasteiger partial charge < -0.3 is 29.0 Å². The first-order chi connectivity index (χ1) is 21.9. The van der Waals surface area contributed by atoms with Gasteiger partial charge in [-0.3, -0.25) is 34.2 Å². The molecule has 2 N–H and O–H groups in total. The first kappa shape index (κ1) is 33.4. The van der Waals surface area contributed by atoms with Crippen LogP contribution in [0.15, 0.2) is 48.5 Å². The number of amides is 4. The second-order valence-corrected chi connectivity index (χ2v) is 9.88. The summed E-state index contributed by atoms with van der Waals surface area (Å²) in [5, 5.41) is 5.29. The molecule has 0 bridgehead atoms. The van der Waals surface area contributed by atoms with Crippen LogP contribution in [0.4, 0.5) is 5.69 Å². The summed E-state index contributed by atoms with van der Waals surface area (Å²) in [5.41, 5.74) is 1.13. The fourth-order valence-electron chi connectivity index (χ4n) is 4.65. The van der Waals surface area contributed by atoms with Crippen LogP contribution < -0.4 is 10.6 Å². The molecule has 2 heterocycles. The van der Waals surface area contributed by atoms with Gasteiger partial charge in [-0.1, -0.05) is 36.4 Å². The van der Waals surface area contributed by atoms with Crippen molar-refractivity contribution in [3.8, 4) is 0 Å². The number of ether oxygens (including phenoxy) is 5. The van der Waals surface area contributed by atoms with Gasteiger partial charge in [0, 0.05) is 24.2 Å². The Balaban J connectivity index is 0.995. The minimum absolute atomic E-state index is 0.0372. The Morgan fingerprint density at radius 2 is 1.38 bits per heavy atom. The molecule has 0 aliphatic carbocycles. The summed E-state index contributed by atoms with van der Waals surface area (Å²) in [4.78, 5) is 74.3. The summed E-state index contributed by atoms with van der Waals surface area (Å²) < 4.78 is 26.6. The van der Waals surface area contributed by atoms with E-state index >= 15 is 0 Å². The molecular formula is C31H35N3O11. The highest BCUT2D eigenvalue weighted by Crippen LogP contribution is 2.32. The summed E-state index contributed by atoms with van der Waals surface area (Å²) in [6.45, 7) is 2.80. The number of anilines is 1. The van der Waals surface area contributed by atoms with Crippen molar-refractivity contribution in [2.75, 3.05) is 71.3 Å². The zero-order valence-electron chi connectivity index (χ0n) is 24.6. The lowest BCUT2D eigenvalue weighted by molar-refractivity contribution is -0.140. The number of Topliss-reactive ketones (excluding diaryl/α,β-unsaturated/α-hetero) is 1. The highest BCUT2D eigenvalue weighted by Gasteiger charge is 2.45. The van der Waals surface area contributed by atoms with Gasteiger partial charge in [0.1, 0.15) is 12.6 Å². The zero-order chi connectivity index (χ0) is 32.0. The van der Waals surface area contributed by atoms with Crippen LogP contribution in [0.2, 0.25) is 0 Å². The molecule has 1 unspecified atom stereocenters. The summed E-state index contributed by atoms with van der Waals surface area (Å²) in [5.74, 6) is -3.84. The second kappa shape index (κ2) is 17.1. The number of imide groups is 2. The van der Waals surface area contributed by atoms with Crippen molar-refractivity contribution < 1.29 is 52.5 Å². The minimum Gasteiger partial charge on any atom is -0.457 e. The Hall–Kier alpha value is -4.50. The first-order valence-corrected chi connectivity index (χ1v) is 14.5. The molecule has 0 saturated carbocycles. The number of nitrogens with zero attached hydrogens (tertiary/aromatic N) is 1. The highest BCUT2D eigenvalue weighted by molar-refractivity contribution is 6.40. The second-order valence-electron chi connectivity index (χ2n) is 9.88. The van der Waals surface area contributed by atoms with Crippen molar-refractivity contribution in [3.05, 3.63) is 65.2 Å². The molecule has 0 spiro atoms. The molecule has 2 aromatic carbocycles. The Kier molecular flexibility index (Phi) is 12.7. The van der Waals surface area contributed by atoms with Crippen LogP contribution in [-0.4, -0.2) is 112 Å². The molecule has 240 valence electrons. The molecule has 1 atom stereocenters.